The number of aromatic nitrogens is 3. The van der Waals surface area contributed by atoms with Crippen molar-refractivity contribution in [2.24, 2.45) is 0 Å². The molecule has 3 rings (SSSR count). The maximum atomic E-state index is 5.23. The number of hydrogen-bond donors (Lipinski definition) is 0. The molecule has 2 saturated heterocycles. The molecule has 0 unspecified atom stereocenters. The molecule has 0 bridgehead atoms. The number of hydrogen-bond acceptors (Lipinski definition) is 7. The zero-order valence-electron chi connectivity index (χ0n) is 26.9. The van der Waals surface area contributed by atoms with Crippen molar-refractivity contribution < 1.29 is 0 Å². The van der Waals surface area contributed by atoms with Gasteiger partial charge in [0.05, 0.1) is 0 Å². The SMILES string of the molecule is CCCCN(c1n[c]nc(N(CCCC)C2CC(C)(C)N(C)C(C)(C)C2)n1)C1CC(C)(C)N(C)C(C)(C)C1. The average molecular weight is 529 g/mol. The molecule has 0 spiro atoms. The van der Waals surface area contributed by atoms with Crippen molar-refractivity contribution in [1.29, 1.82) is 0 Å². The fourth-order valence-corrected chi connectivity index (χ4v) is 7.14. The molecule has 0 aromatic carbocycles. The highest BCUT2D eigenvalue weighted by molar-refractivity contribution is 5.41. The molecule has 2 aliphatic rings. The van der Waals surface area contributed by atoms with E-state index in [-0.39, 0.29) is 22.2 Å². The van der Waals surface area contributed by atoms with E-state index in [0.717, 1.165) is 76.4 Å². The van der Waals surface area contributed by atoms with E-state index in [1.165, 1.54) is 0 Å². The Morgan fingerprint density at radius 3 is 1.26 bits per heavy atom. The average Bonchev–Trinajstić information content (AvgIpc) is 2.81. The van der Waals surface area contributed by atoms with Crippen LogP contribution in [0.25, 0.3) is 0 Å². The first-order chi connectivity index (χ1) is 17.6. The largest absolute Gasteiger partial charge is 0.338 e. The Kier molecular flexibility index (Phi) is 9.45. The summed E-state index contributed by atoms with van der Waals surface area (Å²) < 4.78 is 0. The predicted molar refractivity (Wildman–Crippen MR) is 161 cm³/mol. The number of rotatable bonds is 10. The molecule has 38 heavy (non-hydrogen) atoms. The van der Waals surface area contributed by atoms with Gasteiger partial charge in [0.15, 0.2) is 0 Å². The summed E-state index contributed by atoms with van der Waals surface area (Å²) >= 11 is 0. The third-order valence-electron chi connectivity index (χ3n) is 9.97. The molecule has 0 atom stereocenters. The van der Waals surface area contributed by atoms with Crippen LogP contribution in [-0.2, 0) is 0 Å². The number of unbranched alkanes of at least 4 members (excludes halogenated alkanes) is 2. The standard InChI is InChI=1S/C31H58N7/c1-13-15-17-37(24-19-28(3,4)35(11)29(5,6)20-24)26-32-23-33-27(34-26)38(18-16-14-2)25-21-30(7,8)36(12)31(9,10)22-25/h24-25H,13-22H2,1-12H3. The maximum Gasteiger partial charge on any atom is 0.231 e. The molecule has 7 heteroatoms. The number of piperidine rings is 2. The second-order valence-electron chi connectivity index (χ2n) is 14.6. The van der Waals surface area contributed by atoms with Gasteiger partial charge in [0.2, 0.25) is 18.2 Å². The van der Waals surface area contributed by atoms with E-state index < -0.39 is 0 Å². The topological polar surface area (TPSA) is 51.6 Å². The zero-order valence-corrected chi connectivity index (χ0v) is 26.9. The van der Waals surface area contributed by atoms with Gasteiger partial charge in [-0.15, -0.1) is 0 Å². The van der Waals surface area contributed by atoms with E-state index in [1.807, 2.05) is 0 Å². The van der Waals surface area contributed by atoms with Crippen LogP contribution >= 0.6 is 0 Å². The summed E-state index contributed by atoms with van der Waals surface area (Å²) in [6.07, 6.45) is 12.0. The van der Waals surface area contributed by atoms with Crippen LogP contribution in [0.15, 0.2) is 0 Å². The van der Waals surface area contributed by atoms with E-state index in [1.54, 1.807) is 0 Å². The molecule has 3 heterocycles. The zero-order chi connectivity index (χ0) is 28.5. The summed E-state index contributed by atoms with van der Waals surface area (Å²) in [5, 5.41) is 0. The van der Waals surface area contributed by atoms with Gasteiger partial charge in [-0.05, 0) is 108 Å². The van der Waals surface area contributed by atoms with Crippen LogP contribution in [0.5, 0.6) is 0 Å². The first-order valence-electron chi connectivity index (χ1n) is 15.2. The summed E-state index contributed by atoms with van der Waals surface area (Å²) in [7, 11) is 4.55. The highest BCUT2D eigenvalue weighted by Gasteiger charge is 2.46. The van der Waals surface area contributed by atoms with Crippen molar-refractivity contribution in [2.75, 3.05) is 37.0 Å². The lowest BCUT2D eigenvalue weighted by Gasteiger charge is -2.56. The Labute approximate surface area is 234 Å². The normalized spacial score (nSPS) is 23.9. The third-order valence-corrected chi connectivity index (χ3v) is 9.97. The summed E-state index contributed by atoms with van der Waals surface area (Å²) in [5.41, 5.74) is 0.424. The maximum absolute atomic E-state index is 5.23. The van der Waals surface area contributed by atoms with Crippen LogP contribution in [0.2, 0.25) is 0 Å². The minimum atomic E-state index is 0.106. The lowest BCUT2D eigenvalue weighted by Crippen LogP contribution is -2.63. The van der Waals surface area contributed by atoms with Crippen molar-refractivity contribution in [3.8, 4) is 0 Å². The van der Waals surface area contributed by atoms with E-state index >= 15 is 0 Å². The molecule has 0 aliphatic carbocycles. The van der Waals surface area contributed by atoms with E-state index in [2.05, 4.69) is 119 Å². The van der Waals surface area contributed by atoms with E-state index in [0.29, 0.717) is 12.1 Å². The Hall–Kier alpha value is -1.47. The molecule has 0 saturated carbocycles. The molecule has 2 fully saturated rings. The number of likely N-dealkylation sites (tertiary alicyclic amines) is 2. The fourth-order valence-electron chi connectivity index (χ4n) is 7.14. The summed E-state index contributed by atoms with van der Waals surface area (Å²) in [5.74, 6) is 1.61. The van der Waals surface area contributed by atoms with Crippen LogP contribution in [0.3, 0.4) is 0 Å². The Morgan fingerprint density at radius 2 is 0.974 bits per heavy atom. The van der Waals surface area contributed by atoms with Crippen LogP contribution < -0.4 is 9.80 Å². The Bertz CT molecular complexity index is 804. The van der Waals surface area contributed by atoms with Crippen LogP contribution in [-0.4, -0.2) is 86.2 Å². The molecule has 217 valence electrons. The van der Waals surface area contributed by atoms with Crippen LogP contribution in [0.1, 0.15) is 121 Å². The lowest BCUT2D eigenvalue weighted by molar-refractivity contribution is -0.0130. The van der Waals surface area contributed by atoms with Gasteiger partial charge in [-0.1, -0.05) is 26.7 Å². The van der Waals surface area contributed by atoms with E-state index in [4.69, 9.17) is 4.98 Å². The monoisotopic (exact) mass is 528 g/mol. The van der Waals surface area contributed by atoms with Gasteiger partial charge < -0.3 is 9.80 Å². The van der Waals surface area contributed by atoms with Gasteiger partial charge in [-0.3, -0.25) is 9.80 Å². The highest BCUT2D eigenvalue weighted by atomic mass is 15.4. The highest BCUT2D eigenvalue weighted by Crippen LogP contribution is 2.41. The summed E-state index contributed by atoms with van der Waals surface area (Å²) in [6.45, 7) is 25.5. The first kappa shape index (κ1) is 31.1. The third kappa shape index (κ3) is 6.63. The molecular weight excluding hydrogens is 470 g/mol. The quantitative estimate of drug-likeness (QED) is 0.359. The summed E-state index contributed by atoms with van der Waals surface area (Å²) in [4.78, 5) is 24.7. The molecular formula is C31H58N7. The second-order valence-corrected chi connectivity index (χ2v) is 14.6. The van der Waals surface area contributed by atoms with Crippen molar-refractivity contribution in [3.63, 3.8) is 0 Å². The molecule has 0 N–H and O–H groups in total. The van der Waals surface area contributed by atoms with Gasteiger partial charge in [-0.2, -0.15) is 15.0 Å². The molecule has 0 amide bonds. The molecule has 2 aliphatic heterocycles. The summed E-state index contributed by atoms with van der Waals surface area (Å²) in [6, 6.07) is 0.772. The minimum Gasteiger partial charge on any atom is -0.338 e. The molecule has 1 radical (unpaired) electrons. The Morgan fingerprint density at radius 1 is 0.658 bits per heavy atom. The lowest BCUT2D eigenvalue weighted by atomic mass is 9.77. The van der Waals surface area contributed by atoms with Crippen molar-refractivity contribution in [2.45, 2.75) is 155 Å². The van der Waals surface area contributed by atoms with Crippen molar-refractivity contribution in [1.82, 2.24) is 24.8 Å². The predicted octanol–water partition coefficient (Wildman–Crippen LogP) is 6.19. The fraction of sp³-hybridized carbons (Fsp3) is 0.903. The number of nitrogens with zero attached hydrogens (tertiary/aromatic N) is 7. The van der Waals surface area contributed by atoms with Crippen molar-refractivity contribution in [3.05, 3.63) is 6.33 Å². The van der Waals surface area contributed by atoms with Gasteiger partial charge in [0, 0.05) is 47.3 Å². The molecule has 7 nitrogen and oxygen atoms in total. The van der Waals surface area contributed by atoms with E-state index in [9.17, 15) is 0 Å². The van der Waals surface area contributed by atoms with Gasteiger partial charge in [0.1, 0.15) is 0 Å². The van der Waals surface area contributed by atoms with Crippen LogP contribution in [0, 0.1) is 6.33 Å². The van der Waals surface area contributed by atoms with Gasteiger partial charge >= 0.3 is 0 Å². The first-order valence-corrected chi connectivity index (χ1v) is 15.2. The van der Waals surface area contributed by atoms with Crippen molar-refractivity contribution >= 4 is 11.9 Å². The van der Waals surface area contributed by atoms with Gasteiger partial charge in [-0.25, -0.2) is 0 Å². The smallest absolute Gasteiger partial charge is 0.231 e. The molecule has 1 aromatic heterocycles. The molecule has 1 aromatic rings. The Balaban J connectivity index is 1.98. The van der Waals surface area contributed by atoms with Gasteiger partial charge in [0.25, 0.3) is 0 Å². The number of anilines is 2. The minimum absolute atomic E-state index is 0.106. The van der Waals surface area contributed by atoms with Crippen LogP contribution in [0.4, 0.5) is 11.9 Å². The second kappa shape index (κ2) is 11.6.